The molecule has 1 aromatic heterocycles. The number of hydrogen-bond acceptors (Lipinski definition) is 5. The number of thioether (sulfide) groups is 1. The molecule has 0 unspecified atom stereocenters. The standard InChI is InChI=1S/C23H26ClN5OS/c1-3-29-22(20-7-5-4-6-17(20)2)25-26-23(29)31-16-21(30)28-14-12-27(13-15-28)19-10-8-18(24)9-11-19/h4-11H,3,12-16H2,1-2H3. The summed E-state index contributed by atoms with van der Waals surface area (Å²) in [6.45, 7) is 7.99. The summed E-state index contributed by atoms with van der Waals surface area (Å²) in [6, 6.07) is 16.0. The number of aryl methyl sites for hydroxylation is 1. The van der Waals surface area contributed by atoms with Crippen LogP contribution in [0.25, 0.3) is 11.4 Å². The summed E-state index contributed by atoms with van der Waals surface area (Å²) in [5.41, 5.74) is 3.38. The fourth-order valence-electron chi connectivity index (χ4n) is 3.79. The van der Waals surface area contributed by atoms with E-state index in [9.17, 15) is 4.79 Å². The fourth-order valence-corrected chi connectivity index (χ4v) is 4.82. The van der Waals surface area contributed by atoms with E-state index < -0.39 is 0 Å². The number of benzene rings is 2. The summed E-state index contributed by atoms with van der Waals surface area (Å²) in [5.74, 6) is 1.36. The van der Waals surface area contributed by atoms with E-state index in [1.54, 1.807) is 0 Å². The van der Waals surface area contributed by atoms with Gasteiger partial charge in [-0.25, -0.2) is 0 Å². The van der Waals surface area contributed by atoms with Gasteiger partial charge in [0.25, 0.3) is 0 Å². The van der Waals surface area contributed by atoms with Crippen LogP contribution >= 0.6 is 23.4 Å². The van der Waals surface area contributed by atoms with E-state index in [-0.39, 0.29) is 5.91 Å². The molecule has 0 atom stereocenters. The van der Waals surface area contributed by atoms with Crippen LogP contribution in [0.3, 0.4) is 0 Å². The number of amides is 1. The highest BCUT2D eigenvalue weighted by Crippen LogP contribution is 2.26. The second-order valence-electron chi connectivity index (χ2n) is 7.50. The van der Waals surface area contributed by atoms with Crippen LogP contribution in [0.4, 0.5) is 5.69 Å². The average Bonchev–Trinajstić information content (AvgIpc) is 3.21. The molecular formula is C23H26ClN5OS. The molecule has 4 rings (SSSR count). The minimum atomic E-state index is 0.142. The Balaban J connectivity index is 1.35. The van der Waals surface area contributed by atoms with Gasteiger partial charge in [0.05, 0.1) is 5.75 Å². The van der Waals surface area contributed by atoms with Crippen molar-refractivity contribution in [1.82, 2.24) is 19.7 Å². The van der Waals surface area contributed by atoms with Crippen molar-refractivity contribution in [2.75, 3.05) is 36.8 Å². The SMILES string of the molecule is CCn1c(SCC(=O)N2CCN(c3ccc(Cl)cc3)CC2)nnc1-c1ccccc1C. The van der Waals surface area contributed by atoms with Gasteiger partial charge in [0.1, 0.15) is 0 Å². The van der Waals surface area contributed by atoms with E-state index in [0.29, 0.717) is 5.75 Å². The minimum absolute atomic E-state index is 0.142. The second kappa shape index (κ2) is 9.75. The summed E-state index contributed by atoms with van der Waals surface area (Å²) in [5, 5.41) is 10.3. The lowest BCUT2D eigenvalue weighted by Gasteiger charge is -2.36. The van der Waals surface area contributed by atoms with Gasteiger partial charge < -0.3 is 14.4 Å². The molecule has 2 heterocycles. The van der Waals surface area contributed by atoms with Gasteiger partial charge in [-0.1, -0.05) is 47.6 Å². The summed E-state index contributed by atoms with van der Waals surface area (Å²) in [4.78, 5) is 17.0. The molecule has 1 fully saturated rings. The van der Waals surface area contributed by atoms with Crippen LogP contribution in [0.5, 0.6) is 0 Å². The van der Waals surface area contributed by atoms with E-state index in [4.69, 9.17) is 11.6 Å². The second-order valence-corrected chi connectivity index (χ2v) is 8.88. The van der Waals surface area contributed by atoms with Gasteiger partial charge in [-0.2, -0.15) is 0 Å². The van der Waals surface area contributed by atoms with E-state index in [0.717, 1.165) is 65.5 Å². The van der Waals surface area contributed by atoms with Crippen LogP contribution < -0.4 is 4.90 Å². The lowest BCUT2D eigenvalue weighted by Crippen LogP contribution is -2.49. The third-order valence-electron chi connectivity index (χ3n) is 5.57. The molecule has 1 amide bonds. The van der Waals surface area contributed by atoms with E-state index >= 15 is 0 Å². The molecule has 0 radical (unpaired) electrons. The first-order valence-corrected chi connectivity index (χ1v) is 11.8. The topological polar surface area (TPSA) is 54.3 Å². The summed E-state index contributed by atoms with van der Waals surface area (Å²) in [7, 11) is 0. The maximum absolute atomic E-state index is 12.8. The number of aromatic nitrogens is 3. The van der Waals surface area contributed by atoms with Crippen molar-refractivity contribution in [3.05, 3.63) is 59.1 Å². The Bertz CT molecular complexity index is 1040. The zero-order valence-electron chi connectivity index (χ0n) is 17.8. The molecule has 1 saturated heterocycles. The van der Waals surface area contributed by atoms with Gasteiger partial charge in [0.15, 0.2) is 11.0 Å². The largest absolute Gasteiger partial charge is 0.368 e. The molecule has 162 valence electrons. The Labute approximate surface area is 192 Å². The van der Waals surface area contributed by atoms with E-state index in [1.165, 1.54) is 11.8 Å². The molecular weight excluding hydrogens is 430 g/mol. The number of carbonyl (C=O) groups excluding carboxylic acids is 1. The number of rotatable bonds is 6. The maximum Gasteiger partial charge on any atom is 0.233 e. The Morgan fingerprint density at radius 3 is 2.42 bits per heavy atom. The van der Waals surface area contributed by atoms with Crippen molar-refractivity contribution < 1.29 is 4.79 Å². The van der Waals surface area contributed by atoms with Crippen molar-refractivity contribution in [2.45, 2.75) is 25.5 Å². The molecule has 0 spiro atoms. The van der Waals surface area contributed by atoms with Gasteiger partial charge >= 0.3 is 0 Å². The molecule has 0 bridgehead atoms. The fraction of sp³-hybridized carbons (Fsp3) is 0.348. The highest BCUT2D eigenvalue weighted by atomic mass is 35.5. The van der Waals surface area contributed by atoms with Crippen LogP contribution in [0.2, 0.25) is 5.02 Å². The lowest BCUT2D eigenvalue weighted by molar-refractivity contribution is -0.128. The highest BCUT2D eigenvalue weighted by molar-refractivity contribution is 7.99. The Morgan fingerprint density at radius 2 is 1.74 bits per heavy atom. The van der Waals surface area contributed by atoms with Crippen molar-refractivity contribution in [3.8, 4) is 11.4 Å². The van der Waals surface area contributed by atoms with Gasteiger partial charge in [0, 0.05) is 49.0 Å². The first-order valence-electron chi connectivity index (χ1n) is 10.5. The van der Waals surface area contributed by atoms with E-state index in [1.807, 2.05) is 41.3 Å². The number of carbonyl (C=O) groups is 1. The smallest absolute Gasteiger partial charge is 0.233 e. The number of nitrogens with zero attached hydrogens (tertiary/aromatic N) is 5. The maximum atomic E-state index is 12.8. The quantitative estimate of drug-likeness (QED) is 0.516. The molecule has 0 N–H and O–H groups in total. The van der Waals surface area contributed by atoms with Crippen LogP contribution in [0.15, 0.2) is 53.7 Å². The van der Waals surface area contributed by atoms with Gasteiger partial charge in [0.2, 0.25) is 5.91 Å². The molecule has 1 aliphatic heterocycles. The van der Waals surface area contributed by atoms with Gasteiger partial charge in [-0.05, 0) is 43.7 Å². The average molecular weight is 456 g/mol. The lowest BCUT2D eigenvalue weighted by atomic mass is 10.1. The van der Waals surface area contributed by atoms with Gasteiger partial charge in [-0.3, -0.25) is 4.79 Å². The molecule has 0 aliphatic carbocycles. The molecule has 6 nitrogen and oxygen atoms in total. The number of halogens is 1. The Kier molecular flexibility index (Phi) is 6.83. The van der Waals surface area contributed by atoms with Crippen LogP contribution in [-0.2, 0) is 11.3 Å². The normalized spacial score (nSPS) is 14.2. The van der Waals surface area contributed by atoms with Crippen molar-refractivity contribution in [1.29, 1.82) is 0 Å². The van der Waals surface area contributed by atoms with Crippen LogP contribution in [-0.4, -0.2) is 57.5 Å². The van der Waals surface area contributed by atoms with Crippen molar-refractivity contribution in [2.24, 2.45) is 0 Å². The third kappa shape index (κ3) is 4.88. The Hall–Kier alpha value is -2.51. The molecule has 3 aromatic rings. The number of hydrogen-bond donors (Lipinski definition) is 0. The predicted octanol–water partition coefficient (Wildman–Crippen LogP) is 4.37. The predicted molar refractivity (Wildman–Crippen MR) is 127 cm³/mol. The summed E-state index contributed by atoms with van der Waals surface area (Å²) in [6.07, 6.45) is 0. The summed E-state index contributed by atoms with van der Waals surface area (Å²) >= 11 is 7.44. The first kappa shape index (κ1) is 21.7. The van der Waals surface area contributed by atoms with E-state index in [2.05, 4.69) is 45.6 Å². The van der Waals surface area contributed by atoms with Crippen LogP contribution in [0.1, 0.15) is 12.5 Å². The molecule has 1 aliphatic rings. The monoisotopic (exact) mass is 455 g/mol. The zero-order chi connectivity index (χ0) is 21.8. The molecule has 8 heteroatoms. The molecule has 0 saturated carbocycles. The Morgan fingerprint density at radius 1 is 1.03 bits per heavy atom. The van der Waals surface area contributed by atoms with Gasteiger partial charge in [-0.15, -0.1) is 10.2 Å². The molecule has 31 heavy (non-hydrogen) atoms. The number of anilines is 1. The number of piperazine rings is 1. The van der Waals surface area contributed by atoms with Crippen molar-refractivity contribution in [3.63, 3.8) is 0 Å². The van der Waals surface area contributed by atoms with Crippen LogP contribution in [0, 0.1) is 6.92 Å². The van der Waals surface area contributed by atoms with Crippen molar-refractivity contribution >= 4 is 35.0 Å². The highest BCUT2D eigenvalue weighted by Gasteiger charge is 2.22. The first-order chi connectivity index (χ1) is 15.1. The summed E-state index contributed by atoms with van der Waals surface area (Å²) < 4.78 is 2.08. The minimum Gasteiger partial charge on any atom is -0.368 e. The zero-order valence-corrected chi connectivity index (χ0v) is 19.4. The third-order valence-corrected chi connectivity index (χ3v) is 6.77. The molecule has 2 aromatic carbocycles.